The van der Waals surface area contributed by atoms with Crippen LogP contribution in [0.25, 0.3) is 21.9 Å². The number of hydrogen-bond donors (Lipinski definition) is 1. The van der Waals surface area contributed by atoms with Crippen LogP contribution in [0.5, 0.6) is 5.75 Å². The average molecular weight is 234 g/mol. The van der Waals surface area contributed by atoms with E-state index in [2.05, 4.69) is 24.3 Å². The molecule has 1 nitrogen and oxygen atoms in total. The van der Waals surface area contributed by atoms with Crippen LogP contribution in [0.15, 0.2) is 60.7 Å². The van der Waals surface area contributed by atoms with Crippen LogP contribution in [0.3, 0.4) is 0 Å². The molecule has 1 N–H and O–H groups in total. The third-order valence-electron chi connectivity index (χ3n) is 3.23. The minimum atomic E-state index is 0.331. The maximum Gasteiger partial charge on any atom is 0.123 e. The molecule has 88 valence electrons. The molecule has 0 aromatic heterocycles. The van der Waals surface area contributed by atoms with E-state index >= 15 is 0 Å². The molecular weight excluding hydrogens is 220 g/mol. The van der Waals surface area contributed by atoms with Gasteiger partial charge in [0, 0.05) is 5.56 Å². The van der Waals surface area contributed by atoms with E-state index in [1.165, 1.54) is 10.8 Å². The van der Waals surface area contributed by atoms with Gasteiger partial charge in [0.2, 0.25) is 0 Å². The SMILES string of the molecule is Cc1ccc(O)c(-c2cccc3ccccc23)c1. The zero-order valence-electron chi connectivity index (χ0n) is 10.2. The van der Waals surface area contributed by atoms with Crippen molar-refractivity contribution in [3.05, 3.63) is 66.2 Å². The van der Waals surface area contributed by atoms with Crippen molar-refractivity contribution in [3.63, 3.8) is 0 Å². The van der Waals surface area contributed by atoms with Gasteiger partial charge in [0.1, 0.15) is 5.75 Å². The van der Waals surface area contributed by atoms with E-state index < -0.39 is 0 Å². The lowest BCUT2D eigenvalue weighted by molar-refractivity contribution is 0.477. The summed E-state index contributed by atoms with van der Waals surface area (Å²) >= 11 is 0. The molecule has 3 aromatic carbocycles. The average Bonchev–Trinajstić information content (AvgIpc) is 2.41. The third kappa shape index (κ3) is 1.74. The van der Waals surface area contributed by atoms with Crippen LogP contribution in [0.2, 0.25) is 0 Å². The van der Waals surface area contributed by atoms with Crippen molar-refractivity contribution in [2.45, 2.75) is 6.92 Å². The zero-order valence-corrected chi connectivity index (χ0v) is 10.2. The van der Waals surface area contributed by atoms with E-state index in [-0.39, 0.29) is 0 Å². The summed E-state index contributed by atoms with van der Waals surface area (Å²) in [5.74, 6) is 0.331. The quantitative estimate of drug-likeness (QED) is 0.656. The second kappa shape index (κ2) is 4.19. The van der Waals surface area contributed by atoms with E-state index in [1.54, 1.807) is 6.07 Å². The van der Waals surface area contributed by atoms with Crippen molar-refractivity contribution >= 4 is 10.8 Å². The Bertz CT molecular complexity index is 708. The van der Waals surface area contributed by atoms with E-state index in [0.29, 0.717) is 5.75 Å². The van der Waals surface area contributed by atoms with Gasteiger partial charge < -0.3 is 5.11 Å². The normalized spacial score (nSPS) is 10.7. The van der Waals surface area contributed by atoms with Gasteiger partial charge >= 0.3 is 0 Å². The summed E-state index contributed by atoms with van der Waals surface area (Å²) in [4.78, 5) is 0. The Hall–Kier alpha value is -2.28. The number of rotatable bonds is 1. The molecule has 0 fully saturated rings. The Morgan fingerprint density at radius 2 is 1.56 bits per heavy atom. The van der Waals surface area contributed by atoms with Crippen molar-refractivity contribution in [2.75, 3.05) is 0 Å². The number of fused-ring (bicyclic) bond motifs is 1. The Labute approximate surface area is 106 Å². The Morgan fingerprint density at radius 3 is 2.44 bits per heavy atom. The first kappa shape index (κ1) is 10.8. The lowest BCUT2D eigenvalue weighted by atomic mass is 9.96. The van der Waals surface area contributed by atoms with Gasteiger partial charge in [-0.3, -0.25) is 0 Å². The largest absolute Gasteiger partial charge is 0.507 e. The van der Waals surface area contributed by atoms with Gasteiger partial charge in [0.25, 0.3) is 0 Å². The molecule has 0 aliphatic carbocycles. The summed E-state index contributed by atoms with van der Waals surface area (Å²) in [6.07, 6.45) is 0. The fraction of sp³-hybridized carbons (Fsp3) is 0.0588. The van der Waals surface area contributed by atoms with Crippen LogP contribution in [0, 0.1) is 6.92 Å². The monoisotopic (exact) mass is 234 g/mol. The van der Waals surface area contributed by atoms with Crippen LogP contribution in [-0.2, 0) is 0 Å². The van der Waals surface area contributed by atoms with Crippen LogP contribution < -0.4 is 0 Å². The predicted molar refractivity (Wildman–Crippen MR) is 75.8 cm³/mol. The fourth-order valence-corrected chi connectivity index (χ4v) is 2.33. The molecule has 0 saturated heterocycles. The van der Waals surface area contributed by atoms with Crippen LogP contribution in [0.4, 0.5) is 0 Å². The van der Waals surface area contributed by atoms with E-state index in [0.717, 1.165) is 16.7 Å². The lowest BCUT2D eigenvalue weighted by Gasteiger charge is -2.09. The zero-order chi connectivity index (χ0) is 12.5. The Morgan fingerprint density at radius 1 is 0.778 bits per heavy atom. The highest BCUT2D eigenvalue weighted by Crippen LogP contribution is 2.34. The summed E-state index contributed by atoms with van der Waals surface area (Å²) in [5, 5.41) is 12.4. The van der Waals surface area contributed by atoms with Gasteiger partial charge in [-0.15, -0.1) is 0 Å². The third-order valence-corrected chi connectivity index (χ3v) is 3.23. The topological polar surface area (TPSA) is 20.2 Å². The molecule has 0 bridgehead atoms. The van der Waals surface area contributed by atoms with Crippen molar-refractivity contribution in [3.8, 4) is 16.9 Å². The minimum absolute atomic E-state index is 0.331. The molecule has 3 aromatic rings. The molecule has 1 heteroatoms. The van der Waals surface area contributed by atoms with Gasteiger partial charge in [-0.1, -0.05) is 54.1 Å². The molecule has 0 heterocycles. The van der Waals surface area contributed by atoms with E-state index in [4.69, 9.17) is 0 Å². The molecule has 0 aliphatic heterocycles. The number of benzene rings is 3. The molecule has 3 rings (SSSR count). The molecule has 0 amide bonds. The highest BCUT2D eigenvalue weighted by atomic mass is 16.3. The molecule has 0 unspecified atom stereocenters. The summed E-state index contributed by atoms with van der Waals surface area (Å²) in [6.45, 7) is 2.04. The van der Waals surface area contributed by atoms with Gasteiger partial charge in [-0.05, 0) is 35.4 Å². The van der Waals surface area contributed by atoms with Gasteiger partial charge in [-0.2, -0.15) is 0 Å². The summed E-state index contributed by atoms with van der Waals surface area (Å²) in [6, 6.07) is 20.1. The highest BCUT2D eigenvalue weighted by Gasteiger charge is 2.07. The molecule has 0 radical (unpaired) electrons. The number of phenolic OH excluding ortho intramolecular Hbond substituents is 1. The van der Waals surface area contributed by atoms with Crippen molar-refractivity contribution in [1.82, 2.24) is 0 Å². The smallest absolute Gasteiger partial charge is 0.123 e. The van der Waals surface area contributed by atoms with Gasteiger partial charge in [-0.25, -0.2) is 0 Å². The Kier molecular flexibility index (Phi) is 2.52. The number of aromatic hydroxyl groups is 1. The predicted octanol–water partition coefficient (Wildman–Crippen LogP) is 4.52. The standard InChI is InChI=1S/C17H14O/c1-12-9-10-17(18)16(11-12)15-8-4-6-13-5-2-3-7-14(13)15/h2-11,18H,1H3. The molecular formula is C17H14O. The highest BCUT2D eigenvalue weighted by molar-refractivity contribution is 5.97. The van der Waals surface area contributed by atoms with Crippen LogP contribution >= 0.6 is 0 Å². The summed E-state index contributed by atoms with van der Waals surface area (Å²) in [5.41, 5.74) is 3.12. The van der Waals surface area contributed by atoms with E-state index in [1.807, 2.05) is 37.3 Å². The van der Waals surface area contributed by atoms with E-state index in [9.17, 15) is 5.11 Å². The Balaban J connectivity index is 2.35. The second-order valence-electron chi connectivity index (χ2n) is 4.55. The van der Waals surface area contributed by atoms with Crippen molar-refractivity contribution in [1.29, 1.82) is 0 Å². The number of aryl methyl sites for hydroxylation is 1. The van der Waals surface area contributed by atoms with Crippen molar-refractivity contribution in [2.24, 2.45) is 0 Å². The molecule has 0 atom stereocenters. The maximum absolute atomic E-state index is 10.0. The molecule has 18 heavy (non-hydrogen) atoms. The molecule has 0 spiro atoms. The molecule has 0 aliphatic rings. The maximum atomic E-state index is 10.0. The van der Waals surface area contributed by atoms with Crippen LogP contribution in [0.1, 0.15) is 5.56 Å². The number of phenols is 1. The first-order chi connectivity index (χ1) is 8.75. The first-order valence-electron chi connectivity index (χ1n) is 6.03. The minimum Gasteiger partial charge on any atom is -0.507 e. The van der Waals surface area contributed by atoms with Crippen LogP contribution in [-0.4, -0.2) is 5.11 Å². The first-order valence-corrected chi connectivity index (χ1v) is 6.03. The second-order valence-corrected chi connectivity index (χ2v) is 4.55. The van der Waals surface area contributed by atoms with Gasteiger partial charge in [0.05, 0.1) is 0 Å². The number of hydrogen-bond acceptors (Lipinski definition) is 1. The summed E-state index contributed by atoms with van der Waals surface area (Å²) in [7, 11) is 0. The lowest BCUT2D eigenvalue weighted by Crippen LogP contribution is -1.83. The summed E-state index contributed by atoms with van der Waals surface area (Å²) < 4.78 is 0. The van der Waals surface area contributed by atoms with Gasteiger partial charge in [0.15, 0.2) is 0 Å². The fourth-order valence-electron chi connectivity index (χ4n) is 2.33. The van der Waals surface area contributed by atoms with Crippen molar-refractivity contribution < 1.29 is 5.11 Å². The molecule has 0 saturated carbocycles.